The third-order valence-corrected chi connectivity index (χ3v) is 13.5. The summed E-state index contributed by atoms with van der Waals surface area (Å²) in [5, 5.41) is 40.0. The van der Waals surface area contributed by atoms with E-state index in [9.17, 15) is 34.5 Å². The smallest absolute Gasteiger partial charge is 0.338 e. The Morgan fingerprint density at radius 1 is 0.881 bits per heavy atom. The van der Waals surface area contributed by atoms with E-state index in [2.05, 4.69) is 5.32 Å². The van der Waals surface area contributed by atoms with Gasteiger partial charge in [-0.15, -0.1) is 0 Å². The molecular weight excluding hydrogens is 759 g/mol. The molecule has 7 rings (SSSR count). The van der Waals surface area contributed by atoms with Crippen LogP contribution in [0, 0.1) is 22.7 Å². The molecule has 59 heavy (non-hydrogen) atoms. The number of hydrogen-bond acceptors (Lipinski definition) is 12. The van der Waals surface area contributed by atoms with E-state index in [1.54, 1.807) is 113 Å². The molecule has 0 spiro atoms. The first-order chi connectivity index (χ1) is 27.9. The molecule has 312 valence electrons. The van der Waals surface area contributed by atoms with Crippen LogP contribution in [0.3, 0.4) is 0 Å². The van der Waals surface area contributed by atoms with E-state index in [0.29, 0.717) is 22.3 Å². The Morgan fingerprint density at radius 2 is 1.46 bits per heavy atom. The van der Waals surface area contributed by atoms with Crippen molar-refractivity contribution >= 4 is 29.6 Å². The molecule has 13 nitrogen and oxygen atoms in total. The molecule has 11 atom stereocenters. The molecule has 0 unspecified atom stereocenters. The average Bonchev–Trinajstić information content (AvgIpc) is 3.21. The van der Waals surface area contributed by atoms with E-state index >= 15 is 4.79 Å². The van der Waals surface area contributed by atoms with Gasteiger partial charge in [0.15, 0.2) is 11.7 Å². The van der Waals surface area contributed by atoms with Gasteiger partial charge in [0.05, 0.1) is 35.6 Å². The Balaban J connectivity index is 1.34. The maximum Gasteiger partial charge on any atom is 0.338 e. The van der Waals surface area contributed by atoms with Crippen LogP contribution in [0.5, 0.6) is 0 Å². The molecule has 3 aliphatic carbocycles. The minimum atomic E-state index is -2.19. The van der Waals surface area contributed by atoms with Crippen LogP contribution in [-0.2, 0) is 33.3 Å². The van der Waals surface area contributed by atoms with Gasteiger partial charge in [-0.25, -0.2) is 9.59 Å². The molecule has 1 aliphatic heterocycles. The standard InChI is InChI=1S/C46H51NO12/c1-25-31(57-42(54)36(50)35(28-16-10-7-11-17-28)47-40(52)29-18-12-8-13-19-29)23-46(55)39(58-41(53)30-20-14-9-15-21-30)37-44(6,38(51)26(2)34(25)43(46,4)5)32(49)22-33-45(37,24-56-33)59-27(3)48/h7-21,26,31-33,35-37,39,49-50,55H,22-24H2,1-6H3,(H,47,52)/t26-,31+,32+,33-,35+,36-,37+,39+,44-,45+,46+/m1/s1. The van der Waals surface area contributed by atoms with Crippen molar-refractivity contribution in [2.45, 2.75) is 102 Å². The molecule has 1 amide bonds. The van der Waals surface area contributed by atoms with E-state index in [1.165, 1.54) is 19.1 Å². The molecule has 13 heteroatoms. The van der Waals surface area contributed by atoms with Crippen molar-refractivity contribution in [2.75, 3.05) is 6.61 Å². The van der Waals surface area contributed by atoms with Crippen molar-refractivity contribution in [3.05, 3.63) is 119 Å². The summed E-state index contributed by atoms with van der Waals surface area (Å²) in [7, 11) is 0. The molecule has 1 saturated heterocycles. The molecule has 4 N–H and O–H groups in total. The monoisotopic (exact) mass is 809 g/mol. The van der Waals surface area contributed by atoms with E-state index in [1.807, 2.05) is 0 Å². The quantitative estimate of drug-likeness (QED) is 0.135. The Morgan fingerprint density at radius 3 is 2.02 bits per heavy atom. The fourth-order valence-electron chi connectivity index (χ4n) is 10.4. The first-order valence-electron chi connectivity index (χ1n) is 19.9. The van der Waals surface area contributed by atoms with Gasteiger partial charge in [0.2, 0.25) is 0 Å². The number of ketones is 1. The van der Waals surface area contributed by atoms with Crippen LogP contribution in [0.2, 0.25) is 0 Å². The van der Waals surface area contributed by atoms with Crippen molar-refractivity contribution in [1.82, 2.24) is 5.32 Å². The van der Waals surface area contributed by atoms with Crippen molar-refractivity contribution in [3.63, 3.8) is 0 Å². The normalized spacial score (nSPS) is 33.0. The van der Waals surface area contributed by atoms with Crippen molar-refractivity contribution in [1.29, 1.82) is 0 Å². The molecule has 3 aromatic rings. The van der Waals surface area contributed by atoms with E-state index < -0.39 is 106 Å². The number of benzene rings is 3. The number of amides is 1. The van der Waals surface area contributed by atoms with Crippen LogP contribution in [0.1, 0.15) is 86.7 Å². The van der Waals surface area contributed by atoms with Crippen LogP contribution in [0.25, 0.3) is 0 Å². The molecule has 2 saturated carbocycles. The van der Waals surface area contributed by atoms with Gasteiger partial charge in [0.25, 0.3) is 5.91 Å². The number of esters is 3. The number of fused-ring (bicyclic) bond motifs is 5. The summed E-state index contributed by atoms with van der Waals surface area (Å²) in [6.07, 6.45) is -7.67. The zero-order valence-corrected chi connectivity index (χ0v) is 33.9. The third-order valence-electron chi connectivity index (χ3n) is 13.5. The molecule has 0 aromatic heterocycles. The van der Waals surface area contributed by atoms with Gasteiger partial charge >= 0.3 is 17.9 Å². The second-order valence-corrected chi connectivity index (χ2v) is 17.1. The highest BCUT2D eigenvalue weighted by Gasteiger charge is 2.77. The topological polar surface area (TPSA) is 195 Å². The van der Waals surface area contributed by atoms with Crippen molar-refractivity contribution in [2.24, 2.45) is 22.7 Å². The lowest BCUT2D eigenvalue weighted by Gasteiger charge is -2.67. The van der Waals surface area contributed by atoms with Crippen molar-refractivity contribution in [3.8, 4) is 0 Å². The van der Waals surface area contributed by atoms with Crippen LogP contribution < -0.4 is 5.32 Å². The second kappa shape index (κ2) is 15.4. The lowest BCUT2D eigenvalue weighted by molar-refractivity contribution is -0.345. The summed E-state index contributed by atoms with van der Waals surface area (Å²) >= 11 is 0. The van der Waals surface area contributed by atoms with Gasteiger partial charge in [0.1, 0.15) is 29.7 Å². The van der Waals surface area contributed by atoms with Crippen LogP contribution in [0.15, 0.2) is 102 Å². The molecule has 2 bridgehead atoms. The molecule has 0 radical (unpaired) electrons. The summed E-state index contributed by atoms with van der Waals surface area (Å²) in [5.41, 5.74) is -5.28. The summed E-state index contributed by atoms with van der Waals surface area (Å²) in [6.45, 7) is 9.32. The number of rotatable bonds is 9. The Hall–Kier alpha value is -5.21. The number of ether oxygens (including phenoxy) is 4. The largest absolute Gasteiger partial charge is 0.456 e. The van der Waals surface area contributed by atoms with Gasteiger partial charge in [-0.3, -0.25) is 14.4 Å². The minimum absolute atomic E-state index is 0.0700. The maximum absolute atomic E-state index is 15.2. The van der Waals surface area contributed by atoms with E-state index in [4.69, 9.17) is 18.9 Å². The summed E-state index contributed by atoms with van der Waals surface area (Å²) in [5.74, 6) is -6.06. The maximum atomic E-state index is 15.2. The minimum Gasteiger partial charge on any atom is -0.456 e. The third kappa shape index (κ3) is 6.77. The lowest BCUT2D eigenvalue weighted by Crippen LogP contribution is -2.81. The first kappa shape index (κ1) is 41.9. The summed E-state index contributed by atoms with van der Waals surface area (Å²) in [4.78, 5) is 69.9. The highest BCUT2D eigenvalue weighted by molar-refractivity contribution is 5.95. The van der Waals surface area contributed by atoms with Gasteiger partial charge in [-0.1, -0.05) is 87.5 Å². The average molecular weight is 810 g/mol. The number of aliphatic hydroxyl groups is 3. The zero-order chi connectivity index (χ0) is 42.7. The fourth-order valence-corrected chi connectivity index (χ4v) is 10.4. The first-order valence-corrected chi connectivity index (χ1v) is 19.9. The molecule has 3 aromatic carbocycles. The van der Waals surface area contributed by atoms with E-state index in [-0.39, 0.29) is 18.6 Å². The number of hydrogen-bond donors (Lipinski definition) is 4. The molecule has 3 fully saturated rings. The number of Topliss-reactive ketones (excluding diaryl/α,β-unsaturated/α-hetero) is 1. The second-order valence-electron chi connectivity index (χ2n) is 17.1. The lowest BCUT2D eigenvalue weighted by atomic mass is 9.43. The van der Waals surface area contributed by atoms with E-state index in [0.717, 1.165) is 0 Å². The fraction of sp³-hybridized carbons (Fsp3) is 0.457. The molecular formula is C46H51NO12. The van der Waals surface area contributed by atoms with Gasteiger partial charge in [0, 0.05) is 36.7 Å². The Kier molecular flexibility index (Phi) is 11.0. The SMILES string of the molecule is CC(=O)O[C@@]12CO[C@@H]1C[C@H](O)[C@@]1(C)C(=O)[C@H](C)C3=C(C)[C@@H](OC(=O)[C@H](O)[C@@H](NC(=O)c4ccccc4)c4ccccc4)C[C@](O)([C@@H](OC(=O)c4ccccc4)[C@H]21)C3(C)C. The highest BCUT2D eigenvalue weighted by atomic mass is 16.6. The number of nitrogens with one attached hydrogen (secondary N) is 1. The van der Waals surface area contributed by atoms with Gasteiger partial charge in [-0.2, -0.15) is 0 Å². The predicted octanol–water partition coefficient (Wildman–Crippen LogP) is 4.44. The molecule has 4 aliphatic rings. The van der Waals surface area contributed by atoms with Crippen molar-refractivity contribution < 1.29 is 58.2 Å². The Labute approximate surface area is 342 Å². The van der Waals surface area contributed by atoms with Crippen LogP contribution in [-0.4, -0.2) is 93.2 Å². The zero-order valence-electron chi connectivity index (χ0n) is 33.9. The summed E-state index contributed by atoms with van der Waals surface area (Å²) < 4.78 is 24.5. The van der Waals surface area contributed by atoms with Gasteiger partial charge < -0.3 is 39.6 Å². The van der Waals surface area contributed by atoms with Crippen LogP contribution >= 0.6 is 0 Å². The predicted molar refractivity (Wildman–Crippen MR) is 211 cm³/mol. The van der Waals surface area contributed by atoms with Crippen LogP contribution in [0.4, 0.5) is 0 Å². The number of carbonyl (C=O) groups is 5. The summed E-state index contributed by atoms with van der Waals surface area (Å²) in [6, 6.07) is 23.5. The highest BCUT2D eigenvalue weighted by Crippen LogP contribution is 2.65. The number of carbonyl (C=O) groups excluding carboxylic acids is 5. The van der Waals surface area contributed by atoms with Gasteiger partial charge in [-0.05, 0) is 54.8 Å². The molecule has 1 heterocycles. The Bertz CT molecular complexity index is 2160. The number of aliphatic hydroxyl groups excluding tert-OH is 2.